The van der Waals surface area contributed by atoms with Crippen molar-refractivity contribution in [1.29, 1.82) is 0 Å². The van der Waals surface area contributed by atoms with Crippen LogP contribution in [0.2, 0.25) is 0 Å². The predicted octanol–water partition coefficient (Wildman–Crippen LogP) is 4.15. The Morgan fingerprint density at radius 1 is 1.05 bits per heavy atom. The molecule has 0 aliphatic heterocycles. The normalized spacial score (nSPS) is 11.3. The fourth-order valence-electron chi connectivity index (χ4n) is 2.06. The van der Waals surface area contributed by atoms with E-state index in [1.54, 1.807) is 24.3 Å². The van der Waals surface area contributed by atoms with Gasteiger partial charge in [0.1, 0.15) is 11.5 Å². The molecule has 0 amide bonds. The molecule has 112 valence electrons. The zero-order chi connectivity index (χ0) is 15.6. The van der Waals surface area contributed by atoms with E-state index < -0.39 is 6.36 Å². The third kappa shape index (κ3) is 3.59. The molecule has 0 saturated carbocycles. The molecule has 3 nitrogen and oxygen atoms in total. The number of rotatable bonds is 3. The van der Waals surface area contributed by atoms with Gasteiger partial charge < -0.3 is 15.2 Å². The minimum Gasteiger partial charge on any atom is -0.496 e. The standard InChI is InChI=1S/C15H14F3NO2/c1-9-13(7-11(19)8-14(9)20-2)10-3-5-12(6-4-10)21-15(16,17)18/h3-8H,19H2,1-2H3. The summed E-state index contributed by atoms with van der Waals surface area (Å²) in [4.78, 5) is 0. The Labute approximate surface area is 120 Å². The fourth-order valence-corrected chi connectivity index (χ4v) is 2.06. The van der Waals surface area contributed by atoms with Crippen molar-refractivity contribution in [3.05, 3.63) is 42.0 Å². The van der Waals surface area contributed by atoms with Crippen LogP contribution in [0.1, 0.15) is 5.56 Å². The molecule has 6 heteroatoms. The van der Waals surface area contributed by atoms with Crippen molar-refractivity contribution < 1.29 is 22.6 Å². The van der Waals surface area contributed by atoms with Crippen molar-refractivity contribution in [2.24, 2.45) is 0 Å². The molecular formula is C15H14F3NO2. The van der Waals surface area contributed by atoms with Gasteiger partial charge in [-0.2, -0.15) is 0 Å². The van der Waals surface area contributed by atoms with Crippen LogP contribution >= 0.6 is 0 Å². The van der Waals surface area contributed by atoms with Crippen LogP contribution in [-0.2, 0) is 0 Å². The lowest BCUT2D eigenvalue weighted by Gasteiger charge is -2.13. The maximum atomic E-state index is 12.1. The summed E-state index contributed by atoms with van der Waals surface area (Å²) in [5.74, 6) is 0.361. The van der Waals surface area contributed by atoms with Crippen molar-refractivity contribution in [3.8, 4) is 22.6 Å². The number of nitrogens with two attached hydrogens (primary N) is 1. The molecule has 0 fully saturated rings. The summed E-state index contributed by atoms with van der Waals surface area (Å²) in [6.07, 6.45) is -4.70. The van der Waals surface area contributed by atoms with E-state index in [9.17, 15) is 13.2 Å². The number of ether oxygens (including phenoxy) is 2. The van der Waals surface area contributed by atoms with Gasteiger partial charge in [0.25, 0.3) is 0 Å². The van der Waals surface area contributed by atoms with E-state index in [0.717, 1.165) is 16.7 Å². The Morgan fingerprint density at radius 2 is 1.67 bits per heavy atom. The van der Waals surface area contributed by atoms with Crippen molar-refractivity contribution in [2.75, 3.05) is 12.8 Å². The maximum absolute atomic E-state index is 12.1. The van der Waals surface area contributed by atoms with Crippen LogP contribution in [0.3, 0.4) is 0 Å². The molecule has 0 radical (unpaired) electrons. The summed E-state index contributed by atoms with van der Waals surface area (Å²) in [6.45, 7) is 1.85. The molecule has 2 aromatic carbocycles. The third-order valence-electron chi connectivity index (χ3n) is 3.00. The van der Waals surface area contributed by atoms with Crippen LogP contribution in [0.4, 0.5) is 18.9 Å². The molecule has 2 rings (SSSR count). The molecular weight excluding hydrogens is 283 g/mol. The molecule has 0 atom stereocenters. The lowest BCUT2D eigenvalue weighted by molar-refractivity contribution is -0.274. The smallest absolute Gasteiger partial charge is 0.496 e. The van der Waals surface area contributed by atoms with Gasteiger partial charge in [0, 0.05) is 11.8 Å². The number of hydrogen-bond acceptors (Lipinski definition) is 3. The SMILES string of the molecule is COc1cc(N)cc(-c2ccc(OC(F)(F)F)cc2)c1C. The highest BCUT2D eigenvalue weighted by Gasteiger charge is 2.30. The van der Waals surface area contributed by atoms with Gasteiger partial charge in [-0.1, -0.05) is 12.1 Å². The molecule has 0 aromatic heterocycles. The number of nitrogen functional groups attached to an aromatic ring is 1. The molecule has 0 saturated heterocycles. The first kappa shape index (κ1) is 15.0. The second-order valence-corrected chi connectivity index (χ2v) is 4.47. The topological polar surface area (TPSA) is 44.5 Å². The molecule has 2 aromatic rings. The molecule has 21 heavy (non-hydrogen) atoms. The molecule has 0 bridgehead atoms. The molecule has 0 aliphatic rings. The summed E-state index contributed by atoms with van der Waals surface area (Å²) in [5.41, 5.74) is 8.70. The minimum absolute atomic E-state index is 0.264. The molecule has 0 unspecified atom stereocenters. The number of alkyl halides is 3. The van der Waals surface area contributed by atoms with E-state index in [2.05, 4.69) is 4.74 Å². The predicted molar refractivity (Wildman–Crippen MR) is 74.3 cm³/mol. The first-order chi connectivity index (χ1) is 9.80. The van der Waals surface area contributed by atoms with Crippen LogP contribution in [0, 0.1) is 6.92 Å². The average molecular weight is 297 g/mol. The highest BCUT2D eigenvalue weighted by atomic mass is 19.4. The van der Waals surface area contributed by atoms with Crippen molar-refractivity contribution in [2.45, 2.75) is 13.3 Å². The first-order valence-electron chi connectivity index (χ1n) is 6.10. The Kier molecular flexibility index (Phi) is 3.97. The van der Waals surface area contributed by atoms with Crippen LogP contribution in [-0.4, -0.2) is 13.5 Å². The Hall–Kier alpha value is -2.37. The Balaban J connectivity index is 2.37. The fraction of sp³-hybridized carbons (Fsp3) is 0.200. The first-order valence-corrected chi connectivity index (χ1v) is 6.10. The highest BCUT2D eigenvalue weighted by molar-refractivity contribution is 5.74. The number of anilines is 1. The lowest BCUT2D eigenvalue weighted by atomic mass is 9.99. The molecule has 0 aliphatic carbocycles. The van der Waals surface area contributed by atoms with E-state index in [0.29, 0.717) is 11.4 Å². The molecule has 2 N–H and O–H groups in total. The van der Waals surface area contributed by atoms with Gasteiger partial charge in [0.15, 0.2) is 0 Å². The Bertz CT molecular complexity index is 637. The van der Waals surface area contributed by atoms with E-state index in [4.69, 9.17) is 10.5 Å². The van der Waals surface area contributed by atoms with Gasteiger partial charge in [-0.15, -0.1) is 13.2 Å². The summed E-state index contributed by atoms with van der Waals surface area (Å²) in [6, 6.07) is 9.05. The third-order valence-corrected chi connectivity index (χ3v) is 3.00. The monoisotopic (exact) mass is 297 g/mol. The lowest BCUT2D eigenvalue weighted by Crippen LogP contribution is -2.16. The second-order valence-electron chi connectivity index (χ2n) is 4.47. The summed E-state index contributed by atoms with van der Waals surface area (Å²) < 4.78 is 45.4. The number of hydrogen-bond donors (Lipinski definition) is 1. The second kappa shape index (κ2) is 5.55. The van der Waals surface area contributed by atoms with Crippen molar-refractivity contribution in [3.63, 3.8) is 0 Å². The molecule has 0 spiro atoms. The van der Waals surface area contributed by atoms with Crippen molar-refractivity contribution >= 4 is 5.69 Å². The van der Waals surface area contributed by atoms with Gasteiger partial charge in [0.2, 0.25) is 0 Å². The maximum Gasteiger partial charge on any atom is 0.573 e. The van der Waals surface area contributed by atoms with Gasteiger partial charge in [-0.25, -0.2) is 0 Å². The van der Waals surface area contributed by atoms with Crippen LogP contribution in [0.5, 0.6) is 11.5 Å². The summed E-state index contributed by atoms with van der Waals surface area (Å²) in [5, 5.41) is 0. The summed E-state index contributed by atoms with van der Waals surface area (Å²) in [7, 11) is 1.53. The summed E-state index contributed by atoms with van der Waals surface area (Å²) >= 11 is 0. The zero-order valence-electron chi connectivity index (χ0n) is 11.5. The largest absolute Gasteiger partial charge is 0.573 e. The van der Waals surface area contributed by atoms with E-state index in [-0.39, 0.29) is 5.75 Å². The minimum atomic E-state index is -4.70. The van der Waals surface area contributed by atoms with Gasteiger partial charge >= 0.3 is 6.36 Å². The zero-order valence-corrected chi connectivity index (χ0v) is 11.5. The van der Waals surface area contributed by atoms with Crippen LogP contribution in [0.25, 0.3) is 11.1 Å². The van der Waals surface area contributed by atoms with Crippen LogP contribution < -0.4 is 15.2 Å². The Morgan fingerprint density at radius 3 is 2.19 bits per heavy atom. The van der Waals surface area contributed by atoms with Gasteiger partial charge in [0.05, 0.1) is 7.11 Å². The molecule has 0 heterocycles. The van der Waals surface area contributed by atoms with E-state index in [1.165, 1.54) is 19.2 Å². The van der Waals surface area contributed by atoms with E-state index >= 15 is 0 Å². The number of halogens is 3. The van der Waals surface area contributed by atoms with Gasteiger partial charge in [-0.3, -0.25) is 0 Å². The van der Waals surface area contributed by atoms with E-state index in [1.807, 2.05) is 6.92 Å². The van der Waals surface area contributed by atoms with Gasteiger partial charge in [-0.05, 0) is 41.8 Å². The highest BCUT2D eigenvalue weighted by Crippen LogP contribution is 2.34. The number of benzene rings is 2. The quantitative estimate of drug-likeness (QED) is 0.865. The average Bonchev–Trinajstić information content (AvgIpc) is 2.40. The van der Waals surface area contributed by atoms with Crippen LogP contribution in [0.15, 0.2) is 36.4 Å². The number of methoxy groups -OCH3 is 1. The van der Waals surface area contributed by atoms with Crippen molar-refractivity contribution in [1.82, 2.24) is 0 Å².